The molecule has 9 heteroatoms. The summed E-state index contributed by atoms with van der Waals surface area (Å²) in [5.41, 5.74) is 1.32. The Morgan fingerprint density at radius 1 is 1.03 bits per heavy atom. The smallest absolute Gasteiger partial charge is 0.355 e. The summed E-state index contributed by atoms with van der Waals surface area (Å²) in [5, 5.41) is 0.868. The van der Waals surface area contributed by atoms with Gasteiger partial charge in [-0.3, -0.25) is 4.79 Å². The second kappa shape index (κ2) is 8.39. The Hall–Kier alpha value is -3.01. The fourth-order valence-electron chi connectivity index (χ4n) is 3.22. The van der Waals surface area contributed by atoms with Crippen LogP contribution in [0.5, 0.6) is 0 Å². The zero-order chi connectivity index (χ0) is 21.1. The third kappa shape index (κ3) is 4.13. The third-order valence-electron chi connectivity index (χ3n) is 4.87. The first-order chi connectivity index (χ1) is 14.4. The topological polar surface area (TPSA) is 106 Å². The Morgan fingerprint density at radius 2 is 1.73 bits per heavy atom. The lowest BCUT2D eigenvalue weighted by Gasteiger charge is -2.26. The van der Waals surface area contributed by atoms with Crippen LogP contribution in [0.4, 0.5) is 0 Å². The lowest BCUT2D eigenvalue weighted by molar-refractivity contribution is 0.0470. The molecule has 1 aliphatic rings. The van der Waals surface area contributed by atoms with Crippen molar-refractivity contribution in [2.45, 2.75) is 4.90 Å². The molecule has 1 N–H and O–H groups in total. The number of esters is 1. The van der Waals surface area contributed by atoms with Gasteiger partial charge in [0.1, 0.15) is 5.69 Å². The minimum Gasteiger partial charge on any atom is -0.453 e. The van der Waals surface area contributed by atoms with Crippen molar-refractivity contribution in [1.82, 2.24) is 9.29 Å². The number of aromatic nitrogens is 1. The van der Waals surface area contributed by atoms with E-state index in [0.29, 0.717) is 26.3 Å². The number of morpholine rings is 1. The molecule has 0 amide bonds. The Labute approximate surface area is 173 Å². The number of sulfonamides is 1. The molecule has 1 saturated heterocycles. The highest BCUT2D eigenvalue weighted by molar-refractivity contribution is 7.89. The van der Waals surface area contributed by atoms with E-state index in [1.807, 2.05) is 24.3 Å². The van der Waals surface area contributed by atoms with Gasteiger partial charge in [0.25, 0.3) is 0 Å². The number of carbonyl (C=O) groups excluding carboxylic acids is 2. The number of hydrogen-bond acceptors (Lipinski definition) is 6. The molecule has 0 bridgehead atoms. The fourth-order valence-corrected chi connectivity index (χ4v) is 4.63. The molecule has 8 nitrogen and oxygen atoms in total. The van der Waals surface area contributed by atoms with Crippen molar-refractivity contribution < 1.29 is 27.5 Å². The Bertz CT molecular complexity index is 1140. The highest BCUT2D eigenvalue weighted by Gasteiger charge is 2.26. The number of benzene rings is 2. The molecule has 156 valence electrons. The maximum Gasteiger partial charge on any atom is 0.355 e. The summed E-state index contributed by atoms with van der Waals surface area (Å²) in [4.78, 5) is 27.6. The van der Waals surface area contributed by atoms with Gasteiger partial charge in [-0.2, -0.15) is 4.31 Å². The summed E-state index contributed by atoms with van der Waals surface area (Å²) in [6.07, 6.45) is 0. The number of nitrogens with zero attached hydrogens (tertiary/aromatic N) is 1. The van der Waals surface area contributed by atoms with Crippen LogP contribution in [0.15, 0.2) is 59.5 Å². The molecule has 0 aliphatic carbocycles. The van der Waals surface area contributed by atoms with Gasteiger partial charge in [-0.25, -0.2) is 13.2 Å². The molecule has 0 saturated carbocycles. The number of aromatic amines is 1. The lowest BCUT2D eigenvalue weighted by atomic mass is 10.1. The van der Waals surface area contributed by atoms with E-state index in [-0.39, 0.29) is 16.2 Å². The number of fused-ring (bicyclic) bond motifs is 1. The molecule has 3 aromatic rings. The molecule has 2 aromatic carbocycles. The van der Waals surface area contributed by atoms with Crippen LogP contribution in [-0.4, -0.2) is 62.4 Å². The predicted molar refractivity (Wildman–Crippen MR) is 109 cm³/mol. The molecule has 1 aromatic heterocycles. The van der Waals surface area contributed by atoms with Crippen molar-refractivity contribution in [3.05, 3.63) is 65.9 Å². The van der Waals surface area contributed by atoms with Crippen molar-refractivity contribution in [2.75, 3.05) is 32.9 Å². The number of hydrogen-bond donors (Lipinski definition) is 1. The van der Waals surface area contributed by atoms with Crippen LogP contribution in [0.2, 0.25) is 0 Å². The van der Waals surface area contributed by atoms with Crippen LogP contribution in [0.1, 0.15) is 20.8 Å². The van der Waals surface area contributed by atoms with Crippen molar-refractivity contribution in [3.8, 4) is 0 Å². The summed E-state index contributed by atoms with van der Waals surface area (Å²) in [6, 6.07) is 14.7. The van der Waals surface area contributed by atoms with E-state index in [1.54, 1.807) is 6.07 Å². The first-order valence-electron chi connectivity index (χ1n) is 9.41. The highest BCUT2D eigenvalue weighted by atomic mass is 32.2. The van der Waals surface area contributed by atoms with Crippen LogP contribution >= 0.6 is 0 Å². The standard InChI is InChI=1S/C21H20N2O6S/c24-20(14-29-21(25)19-13-16-3-1-2-4-18(16)22-19)15-5-7-17(8-6-15)30(26,27)23-9-11-28-12-10-23/h1-8,13,22H,9-12,14H2. The lowest BCUT2D eigenvalue weighted by Crippen LogP contribution is -2.40. The fraction of sp³-hybridized carbons (Fsp3) is 0.238. The zero-order valence-electron chi connectivity index (χ0n) is 16.0. The van der Waals surface area contributed by atoms with E-state index in [4.69, 9.17) is 9.47 Å². The van der Waals surface area contributed by atoms with Gasteiger partial charge >= 0.3 is 5.97 Å². The number of ketones is 1. The first kappa shape index (κ1) is 20.3. The normalized spacial score (nSPS) is 15.2. The first-order valence-corrected chi connectivity index (χ1v) is 10.9. The number of rotatable bonds is 6. The number of carbonyl (C=O) groups is 2. The van der Waals surface area contributed by atoms with Gasteiger partial charge in [-0.05, 0) is 36.4 Å². The van der Waals surface area contributed by atoms with Gasteiger partial charge in [-0.15, -0.1) is 0 Å². The summed E-state index contributed by atoms with van der Waals surface area (Å²) in [5.74, 6) is -1.05. The van der Waals surface area contributed by atoms with Crippen LogP contribution in [0.25, 0.3) is 10.9 Å². The largest absolute Gasteiger partial charge is 0.453 e. The average Bonchev–Trinajstić information content (AvgIpc) is 3.22. The molecule has 2 heterocycles. The SMILES string of the molecule is O=C(COC(=O)c1cc2ccccc2[nH]1)c1ccc(S(=O)(=O)N2CCOCC2)cc1. The summed E-state index contributed by atoms with van der Waals surface area (Å²) < 4.78 is 36.9. The van der Waals surface area contributed by atoms with E-state index < -0.39 is 28.4 Å². The maximum atomic E-state index is 12.6. The van der Waals surface area contributed by atoms with E-state index >= 15 is 0 Å². The van der Waals surface area contributed by atoms with Crippen LogP contribution in [0.3, 0.4) is 0 Å². The molecule has 1 aliphatic heterocycles. The second-order valence-electron chi connectivity index (χ2n) is 6.81. The number of ether oxygens (including phenoxy) is 2. The van der Waals surface area contributed by atoms with Gasteiger partial charge in [0.2, 0.25) is 10.0 Å². The minimum atomic E-state index is -3.63. The molecular weight excluding hydrogens is 408 g/mol. The maximum absolute atomic E-state index is 12.6. The molecule has 0 atom stereocenters. The minimum absolute atomic E-state index is 0.107. The summed E-state index contributed by atoms with van der Waals surface area (Å²) in [6.45, 7) is 0.873. The Morgan fingerprint density at radius 3 is 2.43 bits per heavy atom. The van der Waals surface area contributed by atoms with E-state index in [0.717, 1.165) is 10.9 Å². The van der Waals surface area contributed by atoms with Gasteiger partial charge in [-0.1, -0.05) is 18.2 Å². The van der Waals surface area contributed by atoms with E-state index in [2.05, 4.69) is 4.98 Å². The van der Waals surface area contributed by atoms with Crippen molar-refractivity contribution in [3.63, 3.8) is 0 Å². The quantitative estimate of drug-likeness (QED) is 0.477. The molecule has 30 heavy (non-hydrogen) atoms. The molecule has 0 radical (unpaired) electrons. The molecule has 1 fully saturated rings. The average molecular weight is 428 g/mol. The van der Waals surface area contributed by atoms with Crippen molar-refractivity contribution in [2.24, 2.45) is 0 Å². The monoisotopic (exact) mass is 428 g/mol. The second-order valence-corrected chi connectivity index (χ2v) is 8.75. The van der Waals surface area contributed by atoms with Gasteiger partial charge < -0.3 is 14.5 Å². The molecule has 0 unspecified atom stereocenters. The zero-order valence-corrected chi connectivity index (χ0v) is 16.9. The third-order valence-corrected chi connectivity index (χ3v) is 6.78. The van der Waals surface area contributed by atoms with Crippen molar-refractivity contribution in [1.29, 1.82) is 0 Å². The Kier molecular flexibility index (Phi) is 5.67. The van der Waals surface area contributed by atoms with Crippen molar-refractivity contribution >= 4 is 32.7 Å². The van der Waals surface area contributed by atoms with E-state index in [1.165, 1.54) is 28.6 Å². The van der Waals surface area contributed by atoms with E-state index in [9.17, 15) is 18.0 Å². The Balaban J connectivity index is 1.39. The van der Waals surface area contributed by atoms with Crippen LogP contribution in [0, 0.1) is 0 Å². The molecular formula is C21H20N2O6S. The van der Waals surface area contributed by atoms with Crippen LogP contribution in [-0.2, 0) is 19.5 Å². The number of para-hydroxylation sites is 1. The van der Waals surface area contributed by atoms with Crippen LogP contribution < -0.4 is 0 Å². The molecule has 4 rings (SSSR count). The van der Waals surface area contributed by atoms with Gasteiger partial charge in [0.05, 0.1) is 18.1 Å². The summed E-state index contributed by atoms with van der Waals surface area (Å²) >= 11 is 0. The number of nitrogens with one attached hydrogen (secondary N) is 1. The highest BCUT2D eigenvalue weighted by Crippen LogP contribution is 2.18. The number of H-pyrrole nitrogens is 1. The predicted octanol–water partition coefficient (Wildman–Crippen LogP) is 2.23. The van der Waals surface area contributed by atoms with Gasteiger partial charge in [0, 0.05) is 29.6 Å². The summed E-state index contributed by atoms with van der Waals surface area (Å²) in [7, 11) is -3.63. The van der Waals surface area contributed by atoms with Gasteiger partial charge in [0.15, 0.2) is 12.4 Å². The number of Topliss-reactive ketones (excluding diaryl/α,β-unsaturated/α-hetero) is 1. The molecule has 0 spiro atoms.